The van der Waals surface area contributed by atoms with Gasteiger partial charge in [-0.2, -0.15) is 5.26 Å². The van der Waals surface area contributed by atoms with Crippen molar-refractivity contribution >= 4 is 11.7 Å². The first kappa shape index (κ1) is 11.7. The summed E-state index contributed by atoms with van der Waals surface area (Å²) in [5.41, 5.74) is 0. The fourth-order valence-corrected chi connectivity index (χ4v) is 1.74. The predicted octanol–water partition coefficient (Wildman–Crippen LogP) is 2.06. The van der Waals surface area contributed by atoms with Gasteiger partial charge in [0.05, 0.1) is 6.07 Å². The van der Waals surface area contributed by atoms with Crippen molar-refractivity contribution in [3.8, 4) is 6.07 Å². The Hall–Kier alpha value is -1.37. The van der Waals surface area contributed by atoms with Crippen LogP contribution in [0.2, 0.25) is 0 Å². The fourth-order valence-electron chi connectivity index (χ4n) is 1.74. The van der Waals surface area contributed by atoms with Gasteiger partial charge in [0.15, 0.2) is 0 Å². The summed E-state index contributed by atoms with van der Waals surface area (Å²) in [4.78, 5) is 13.2. The molecule has 0 aromatic heterocycles. The normalized spacial score (nSPS) is 17.0. The molecule has 1 heterocycles. The molecule has 82 valence electrons. The van der Waals surface area contributed by atoms with Crippen LogP contribution in [0.25, 0.3) is 0 Å². The van der Waals surface area contributed by atoms with E-state index < -0.39 is 0 Å². The molecule has 4 nitrogen and oxygen atoms in total. The molecule has 0 unspecified atom stereocenters. The van der Waals surface area contributed by atoms with E-state index in [-0.39, 0.29) is 5.91 Å². The molecule has 4 heteroatoms. The minimum atomic E-state index is 0.0782. The van der Waals surface area contributed by atoms with Gasteiger partial charge in [0.1, 0.15) is 5.84 Å². The molecule has 0 aliphatic carbocycles. The van der Waals surface area contributed by atoms with Crippen molar-refractivity contribution in [2.45, 2.75) is 44.9 Å². The Morgan fingerprint density at radius 2 is 2.27 bits per heavy atom. The Morgan fingerprint density at radius 1 is 1.47 bits per heavy atom. The van der Waals surface area contributed by atoms with E-state index in [0.717, 1.165) is 19.3 Å². The molecule has 1 N–H and O–H groups in total. The second-order valence-electron chi connectivity index (χ2n) is 3.81. The first-order valence-corrected chi connectivity index (χ1v) is 5.50. The van der Waals surface area contributed by atoms with Crippen molar-refractivity contribution in [1.29, 1.82) is 10.7 Å². The Balaban J connectivity index is 2.42. The predicted molar refractivity (Wildman–Crippen MR) is 57.4 cm³/mol. The van der Waals surface area contributed by atoms with Gasteiger partial charge in [0.2, 0.25) is 5.91 Å². The van der Waals surface area contributed by atoms with Gasteiger partial charge in [-0.1, -0.05) is 6.42 Å². The van der Waals surface area contributed by atoms with Crippen LogP contribution < -0.4 is 0 Å². The third-order valence-corrected chi connectivity index (χ3v) is 2.60. The lowest BCUT2D eigenvalue weighted by molar-refractivity contribution is -0.127. The lowest BCUT2D eigenvalue weighted by Crippen LogP contribution is -2.35. The van der Waals surface area contributed by atoms with Crippen LogP contribution in [0, 0.1) is 16.7 Å². The highest BCUT2D eigenvalue weighted by Crippen LogP contribution is 2.13. The van der Waals surface area contributed by atoms with Crippen molar-refractivity contribution in [2.24, 2.45) is 0 Å². The Labute approximate surface area is 90.4 Å². The van der Waals surface area contributed by atoms with E-state index in [0.29, 0.717) is 38.1 Å². The second kappa shape index (κ2) is 6.18. The Kier molecular flexibility index (Phi) is 4.82. The SMILES string of the molecule is N#CCCCC(=N)N1CCCCCC1=O. The number of rotatable bonds is 3. The largest absolute Gasteiger partial charge is 0.301 e. The number of nitrogens with zero attached hydrogens (tertiary/aromatic N) is 2. The van der Waals surface area contributed by atoms with Gasteiger partial charge in [0, 0.05) is 25.8 Å². The van der Waals surface area contributed by atoms with Crippen LogP contribution in [0.4, 0.5) is 0 Å². The number of hydrogen-bond acceptors (Lipinski definition) is 3. The molecule has 1 amide bonds. The highest BCUT2D eigenvalue weighted by Gasteiger charge is 2.19. The van der Waals surface area contributed by atoms with Gasteiger partial charge in [-0.05, 0) is 19.3 Å². The lowest BCUT2D eigenvalue weighted by Gasteiger charge is -2.20. The van der Waals surface area contributed by atoms with E-state index in [9.17, 15) is 4.79 Å². The topological polar surface area (TPSA) is 68.0 Å². The standard InChI is InChI=1S/C11H17N3O/c12-8-4-3-6-10(13)14-9-5-1-2-7-11(14)15/h13H,1-7,9H2. The summed E-state index contributed by atoms with van der Waals surface area (Å²) in [6, 6.07) is 2.05. The van der Waals surface area contributed by atoms with Crippen molar-refractivity contribution in [2.75, 3.05) is 6.54 Å². The lowest BCUT2D eigenvalue weighted by atomic mass is 10.2. The van der Waals surface area contributed by atoms with Crippen LogP contribution >= 0.6 is 0 Å². The first-order valence-electron chi connectivity index (χ1n) is 5.50. The van der Waals surface area contributed by atoms with Gasteiger partial charge < -0.3 is 4.90 Å². The third kappa shape index (κ3) is 3.70. The third-order valence-electron chi connectivity index (χ3n) is 2.60. The van der Waals surface area contributed by atoms with Crippen molar-refractivity contribution in [3.05, 3.63) is 0 Å². The number of unbranched alkanes of at least 4 members (excludes halogenated alkanes) is 1. The number of likely N-dealkylation sites (tertiary alicyclic amines) is 1. The van der Waals surface area contributed by atoms with E-state index in [4.69, 9.17) is 10.7 Å². The molecular formula is C11H17N3O. The highest BCUT2D eigenvalue weighted by atomic mass is 16.2. The number of carbonyl (C=O) groups is 1. The van der Waals surface area contributed by atoms with E-state index >= 15 is 0 Å². The molecular weight excluding hydrogens is 190 g/mol. The van der Waals surface area contributed by atoms with Crippen molar-refractivity contribution < 1.29 is 4.79 Å². The number of nitriles is 1. The highest BCUT2D eigenvalue weighted by molar-refractivity contribution is 5.96. The summed E-state index contributed by atoms with van der Waals surface area (Å²) in [6.07, 6.45) is 5.27. The first-order chi connectivity index (χ1) is 7.25. The Bertz CT molecular complexity index is 280. The van der Waals surface area contributed by atoms with Gasteiger partial charge in [-0.3, -0.25) is 10.2 Å². The molecule has 0 bridgehead atoms. The maximum atomic E-state index is 11.6. The molecule has 0 spiro atoms. The summed E-state index contributed by atoms with van der Waals surface area (Å²) < 4.78 is 0. The molecule has 0 aromatic carbocycles. The quantitative estimate of drug-likeness (QED) is 0.437. The zero-order chi connectivity index (χ0) is 11.1. The van der Waals surface area contributed by atoms with E-state index in [1.165, 1.54) is 0 Å². The van der Waals surface area contributed by atoms with Crippen molar-refractivity contribution in [3.63, 3.8) is 0 Å². The molecule has 0 radical (unpaired) electrons. The zero-order valence-corrected chi connectivity index (χ0v) is 8.96. The summed E-state index contributed by atoms with van der Waals surface area (Å²) in [5, 5.41) is 16.2. The fraction of sp³-hybridized carbons (Fsp3) is 0.727. The average Bonchev–Trinajstić information content (AvgIpc) is 2.43. The zero-order valence-electron chi connectivity index (χ0n) is 8.96. The van der Waals surface area contributed by atoms with Gasteiger partial charge in [-0.15, -0.1) is 0 Å². The number of amidine groups is 1. The monoisotopic (exact) mass is 207 g/mol. The summed E-state index contributed by atoms with van der Waals surface area (Å²) in [6.45, 7) is 0.685. The van der Waals surface area contributed by atoms with Crippen LogP contribution in [-0.4, -0.2) is 23.2 Å². The van der Waals surface area contributed by atoms with E-state index in [2.05, 4.69) is 0 Å². The van der Waals surface area contributed by atoms with E-state index in [1.807, 2.05) is 6.07 Å². The molecule has 1 saturated heterocycles. The molecule has 1 fully saturated rings. The van der Waals surface area contributed by atoms with Crippen LogP contribution in [0.3, 0.4) is 0 Å². The molecule has 0 atom stereocenters. The number of amides is 1. The van der Waals surface area contributed by atoms with Crippen LogP contribution in [-0.2, 0) is 4.79 Å². The smallest absolute Gasteiger partial charge is 0.227 e. The number of hydrogen-bond donors (Lipinski definition) is 1. The molecule has 0 saturated carbocycles. The van der Waals surface area contributed by atoms with Gasteiger partial charge in [-0.25, -0.2) is 0 Å². The number of carbonyl (C=O) groups excluding carboxylic acids is 1. The summed E-state index contributed by atoms with van der Waals surface area (Å²) in [7, 11) is 0. The van der Waals surface area contributed by atoms with Gasteiger partial charge in [0.25, 0.3) is 0 Å². The summed E-state index contributed by atoms with van der Waals surface area (Å²) in [5.74, 6) is 0.464. The van der Waals surface area contributed by atoms with Crippen LogP contribution in [0.1, 0.15) is 44.9 Å². The molecule has 15 heavy (non-hydrogen) atoms. The minimum absolute atomic E-state index is 0.0782. The minimum Gasteiger partial charge on any atom is -0.301 e. The Morgan fingerprint density at radius 3 is 3.00 bits per heavy atom. The molecule has 1 aliphatic heterocycles. The van der Waals surface area contributed by atoms with Gasteiger partial charge >= 0.3 is 0 Å². The summed E-state index contributed by atoms with van der Waals surface area (Å²) >= 11 is 0. The molecule has 1 rings (SSSR count). The van der Waals surface area contributed by atoms with Crippen molar-refractivity contribution in [1.82, 2.24) is 4.90 Å². The van der Waals surface area contributed by atoms with Crippen LogP contribution in [0.15, 0.2) is 0 Å². The van der Waals surface area contributed by atoms with E-state index in [1.54, 1.807) is 4.90 Å². The second-order valence-corrected chi connectivity index (χ2v) is 3.81. The maximum Gasteiger partial charge on any atom is 0.227 e. The average molecular weight is 207 g/mol. The molecule has 0 aromatic rings. The molecule has 1 aliphatic rings. The maximum absolute atomic E-state index is 11.6. The van der Waals surface area contributed by atoms with Crippen LogP contribution in [0.5, 0.6) is 0 Å². The number of nitrogens with one attached hydrogen (secondary N) is 1.